The SMILES string of the molecule is Cc1nnc2n1CC(C(=O)O)N(Cc1csc(Nc3ccccc3)n1)C2. The standard InChI is InChI=1S/C17H18N6O2S/c1-11-20-21-15-9-22(14(16(24)25)8-23(11)15)7-13-10-26-17(19-13)18-12-5-3-2-4-6-12/h2-6,10,14H,7-9H2,1H3,(H,18,19)(H,24,25). The molecular formula is C17H18N6O2S. The summed E-state index contributed by atoms with van der Waals surface area (Å²) in [6.45, 7) is 3.09. The van der Waals surface area contributed by atoms with Crippen LogP contribution in [0, 0.1) is 6.92 Å². The second kappa shape index (κ2) is 6.85. The molecule has 8 nitrogen and oxygen atoms in total. The van der Waals surface area contributed by atoms with Crippen molar-refractivity contribution in [1.82, 2.24) is 24.6 Å². The predicted octanol–water partition coefficient (Wildman–Crippen LogP) is 2.26. The molecule has 134 valence electrons. The number of fused-ring (bicyclic) bond motifs is 1. The second-order valence-corrected chi connectivity index (χ2v) is 7.03. The Hall–Kier alpha value is -2.78. The Balaban J connectivity index is 1.50. The van der Waals surface area contributed by atoms with Gasteiger partial charge in [-0.1, -0.05) is 18.2 Å². The third-order valence-corrected chi connectivity index (χ3v) is 5.19. The molecule has 0 spiro atoms. The lowest BCUT2D eigenvalue weighted by atomic mass is 10.2. The van der Waals surface area contributed by atoms with Gasteiger partial charge in [0.05, 0.1) is 18.8 Å². The van der Waals surface area contributed by atoms with Crippen molar-refractivity contribution in [2.24, 2.45) is 0 Å². The van der Waals surface area contributed by atoms with Crippen molar-refractivity contribution in [3.63, 3.8) is 0 Å². The van der Waals surface area contributed by atoms with Gasteiger partial charge in [-0.05, 0) is 19.1 Å². The number of carboxylic acid groups (broad SMARTS) is 1. The first-order valence-corrected chi connectivity index (χ1v) is 9.10. The van der Waals surface area contributed by atoms with E-state index in [1.54, 1.807) is 0 Å². The minimum absolute atomic E-state index is 0.350. The van der Waals surface area contributed by atoms with Gasteiger partial charge in [0, 0.05) is 17.6 Å². The number of hydrogen-bond acceptors (Lipinski definition) is 7. The Labute approximate surface area is 154 Å². The number of nitrogens with zero attached hydrogens (tertiary/aromatic N) is 5. The zero-order valence-electron chi connectivity index (χ0n) is 14.2. The molecule has 0 amide bonds. The maximum absolute atomic E-state index is 11.7. The highest BCUT2D eigenvalue weighted by molar-refractivity contribution is 7.13. The maximum atomic E-state index is 11.7. The van der Waals surface area contributed by atoms with E-state index in [0.717, 1.165) is 28.2 Å². The molecule has 1 atom stereocenters. The summed E-state index contributed by atoms with van der Waals surface area (Å²) in [7, 11) is 0. The number of carboxylic acids is 1. The predicted molar refractivity (Wildman–Crippen MR) is 97.3 cm³/mol. The average Bonchev–Trinajstić information content (AvgIpc) is 3.22. The number of aliphatic carboxylic acids is 1. The van der Waals surface area contributed by atoms with Gasteiger partial charge in [-0.15, -0.1) is 21.5 Å². The van der Waals surface area contributed by atoms with Gasteiger partial charge >= 0.3 is 5.97 Å². The number of hydrogen-bond donors (Lipinski definition) is 2. The lowest BCUT2D eigenvalue weighted by Crippen LogP contribution is -2.47. The summed E-state index contributed by atoms with van der Waals surface area (Å²) in [5.41, 5.74) is 1.81. The normalized spacial score (nSPS) is 17.0. The highest BCUT2D eigenvalue weighted by Gasteiger charge is 2.33. The summed E-state index contributed by atoms with van der Waals surface area (Å²) >= 11 is 1.50. The van der Waals surface area contributed by atoms with Crippen molar-refractivity contribution in [3.8, 4) is 0 Å². The van der Waals surface area contributed by atoms with Crippen molar-refractivity contribution in [2.45, 2.75) is 32.6 Å². The Kier molecular flexibility index (Phi) is 4.39. The summed E-state index contributed by atoms with van der Waals surface area (Å²) in [6.07, 6.45) is 0. The van der Waals surface area contributed by atoms with E-state index in [0.29, 0.717) is 19.6 Å². The molecular weight excluding hydrogens is 352 g/mol. The number of anilines is 2. The van der Waals surface area contributed by atoms with E-state index in [-0.39, 0.29) is 0 Å². The molecule has 3 heterocycles. The van der Waals surface area contributed by atoms with Gasteiger partial charge in [-0.2, -0.15) is 0 Å². The molecule has 1 aliphatic rings. The number of carbonyl (C=O) groups is 1. The number of nitrogens with one attached hydrogen (secondary N) is 1. The van der Waals surface area contributed by atoms with Gasteiger partial charge in [0.2, 0.25) is 0 Å². The van der Waals surface area contributed by atoms with Crippen LogP contribution in [0.2, 0.25) is 0 Å². The van der Waals surface area contributed by atoms with E-state index in [9.17, 15) is 9.90 Å². The van der Waals surface area contributed by atoms with E-state index in [1.165, 1.54) is 11.3 Å². The lowest BCUT2D eigenvalue weighted by molar-refractivity contribution is -0.145. The molecule has 3 aromatic rings. The molecule has 4 rings (SSSR count). The minimum atomic E-state index is -0.846. The van der Waals surface area contributed by atoms with Crippen LogP contribution in [-0.2, 0) is 24.4 Å². The number of thiazole rings is 1. The zero-order chi connectivity index (χ0) is 18.1. The van der Waals surface area contributed by atoms with Crippen molar-refractivity contribution < 1.29 is 9.90 Å². The van der Waals surface area contributed by atoms with Crippen molar-refractivity contribution in [1.29, 1.82) is 0 Å². The number of para-hydroxylation sites is 1. The van der Waals surface area contributed by atoms with Crippen LogP contribution in [0.5, 0.6) is 0 Å². The van der Waals surface area contributed by atoms with Crippen LogP contribution < -0.4 is 5.32 Å². The van der Waals surface area contributed by atoms with Crippen molar-refractivity contribution in [3.05, 3.63) is 53.1 Å². The molecule has 0 saturated carbocycles. The largest absolute Gasteiger partial charge is 0.480 e. The summed E-state index contributed by atoms with van der Waals surface area (Å²) in [5, 5.41) is 23.8. The van der Waals surface area contributed by atoms with Gasteiger partial charge in [0.1, 0.15) is 17.7 Å². The number of aryl methyl sites for hydroxylation is 1. The van der Waals surface area contributed by atoms with E-state index in [2.05, 4.69) is 20.5 Å². The molecule has 1 aromatic carbocycles. The van der Waals surface area contributed by atoms with Crippen LogP contribution in [0.4, 0.5) is 10.8 Å². The van der Waals surface area contributed by atoms with Gasteiger partial charge in [-0.25, -0.2) is 4.98 Å². The molecule has 0 radical (unpaired) electrons. The van der Waals surface area contributed by atoms with E-state index in [1.807, 2.05) is 52.1 Å². The molecule has 26 heavy (non-hydrogen) atoms. The van der Waals surface area contributed by atoms with Crippen LogP contribution in [0.15, 0.2) is 35.7 Å². The van der Waals surface area contributed by atoms with Crippen LogP contribution in [0.3, 0.4) is 0 Å². The van der Waals surface area contributed by atoms with Crippen LogP contribution >= 0.6 is 11.3 Å². The fraction of sp³-hybridized carbons (Fsp3) is 0.294. The Morgan fingerprint density at radius 3 is 2.92 bits per heavy atom. The first kappa shape index (κ1) is 16.7. The molecule has 9 heteroatoms. The zero-order valence-corrected chi connectivity index (χ0v) is 15.0. The smallest absolute Gasteiger partial charge is 0.322 e. The Bertz CT molecular complexity index is 922. The van der Waals surface area contributed by atoms with Crippen LogP contribution in [0.25, 0.3) is 0 Å². The fourth-order valence-electron chi connectivity index (χ4n) is 3.05. The quantitative estimate of drug-likeness (QED) is 0.711. The minimum Gasteiger partial charge on any atom is -0.480 e. The molecule has 0 saturated heterocycles. The summed E-state index contributed by atoms with van der Waals surface area (Å²) < 4.78 is 1.87. The van der Waals surface area contributed by atoms with Gasteiger partial charge in [-0.3, -0.25) is 9.69 Å². The van der Waals surface area contributed by atoms with Crippen molar-refractivity contribution in [2.75, 3.05) is 5.32 Å². The number of rotatable bonds is 5. The Morgan fingerprint density at radius 1 is 1.35 bits per heavy atom. The monoisotopic (exact) mass is 370 g/mol. The maximum Gasteiger partial charge on any atom is 0.322 e. The highest BCUT2D eigenvalue weighted by atomic mass is 32.1. The number of benzene rings is 1. The van der Waals surface area contributed by atoms with E-state index >= 15 is 0 Å². The van der Waals surface area contributed by atoms with Gasteiger partial charge in [0.25, 0.3) is 0 Å². The molecule has 0 aliphatic carbocycles. The first-order valence-electron chi connectivity index (χ1n) is 8.22. The highest BCUT2D eigenvalue weighted by Crippen LogP contribution is 2.24. The average molecular weight is 370 g/mol. The topological polar surface area (TPSA) is 96.2 Å². The molecule has 1 aliphatic heterocycles. The third kappa shape index (κ3) is 3.31. The molecule has 0 fully saturated rings. The summed E-state index contributed by atoms with van der Waals surface area (Å²) in [4.78, 5) is 18.2. The molecule has 2 N–H and O–H groups in total. The second-order valence-electron chi connectivity index (χ2n) is 6.17. The summed E-state index contributed by atoms with van der Waals surface area (Å²) in [5.74, 6) is 0.688. The molecule has 0 bridgehead atoms. The van der Waals surface area contributed by atoms with Gasteiger partial charge < -0.3 is 15.0 Å². The molecule has 1 unspecified atom stereocenters. The van der Waals surface area contributed by atoms with E-state index in [4.69, 9.17) is 0 Å². The lowest BCUT2D eigenvalue weighted by Gasteiger charge is -2.32. The van der Waals surface area contributed by atoms with E-state index < -0.39 is 12.0 Å². The number of aromatic nitrogens is 4. The van der Waals surface area contributed by atoms with Crippen molar-refractivity contribution >= 4 is 28.1 Å². The van der Waals surface area contributed by atoms with Crippen LogP contribution in [-0.4, -0.2) is 41.8 Å². The Morgan fingerprint density at radius 2 is 2.15 bits per heavy atom. The third-order valence-electron chi connectivity index (χ3n) is 4.38. The van der Waals surface area contributed by atoms with Crippen LogP contribution in [0.1, 0.15) is 17.3 Å². The molecule has 2 aromatic heterocycles. The summed E-state index contributed by atoms with van der Waals surface area (Å²) in [6, 6.07) is 9.20. The first-order chi connectivity index (χ1) is 12.6. The van der Waals surface area contributed by atoms with Gasteiger partial charge in [0.15, 0.2) is 5.13 Å². The fourth-order valence-corrected chi connectivity index (χ4v) is 3.77.